The summed E-state index contributed by atoms with van der Waals surface area (Å²) in [5.41, 5.74) is 7.70. The topological polar surface area (TPSA) is 29.3 Å². The second-order valence-corrected chi connectivity index (χ2v) is 5.35. The Bertz CT molecular complexity index is 371. The zero-order valence-corrected chi connectivity index (χ0v) is 12.3. The van der Waals surface area contributed by atoms with Crippen LogP contribution in [-0.4, -0.2) is 31.6 Å². The Balaban J connectivity index is 2.98. The molecule has 18 heavy (non-hydrogen) atoms. The molecule has 1 atom stereocenters. The van der Waals surface area contributed by atoms with E-state index in [1.165, 1.54) is 6.07 Å². The van der Waals surface area contributed by atoms with Gasteiger partial charge in [0.2, 0.25) is 0 Å². The predicted molar refractivity (Wildman–Crippen MR) is 80.0 cm³/mol. The van der Waals surface area contributed by atoms with Crippen LogP contribution < -0.4 is 10.6 Å². The summed E-state index contributed by atoms with van der Waals surface area (Å²) in [6.07, 6.45) is 3.91. The van der Waals surface area contributed by atoms with Crippen molar-refractivity contribution in [3.63, 3.8) is 0 Å². The third kappa shape index (κ3) is 3.89. The highest BCUT2D eigenvalue weighted by Gasteiger charge is 2.15. The largest absolute Gasteiger partial charge is 0.371 e. The fraction of sp³-hybridized carbons (Fsp3) is 0.571. The van der Waals surface area contributed by atoms with Crippen LogP contribution in [0.2, 0.25) is 0 Å². The molecule has 0 bridgehead atoms. The average molecular weight is 270 g/mol. The number of halogens is 1. The van der Waals surface area contributed by atoms with Gasteiger partial charge >= 0.3 is 0 Å². The number of thioether (sulfide) groups is 1. The second-order valence-electron chi connectivity index (χ2n) is 4.44. The fourth-order valence-corrected chi connectivity index (χ4v) is 2.99. The zero-order valence-electron chi connectivity index (χ0n) is 11.4. The summed E-state index contributed by atoms with van der Waals surface area (Å²) < 4.78 is 13.3. The van der Waals surface area contributed by atoms with E-state index in [1.807, 2.05) is 17.8 Å². The molecule has 0 amide bonds. The van der Waals surface area contributed by atoms with Crippen LogP contribution in [-0.2, 0) is 6.42 Å². The SMILES string of the molecule is CCC(CSC)N(C)c1ccc(F)cc1CCN. The number of hydrogen-bond acceptors (Lipinski definition) is 3. The minimum atomic E-state index is -0.187. The summed E-state index contributed by atoms with van der Waals surface area (Å²) in [6, 6.07) is 5.47. The Morgan fingerprint density at radius 2 is 2.17 bits per heavy atom. The number of nitrogens with two attached hydrogens (primary N) is 1. The predicted octanol–water partition coefficient (Wildman–Crippen LogP) is 2.90. The maximum Gasteiger partial charge on any atom is 0.123 e. The standard InChI is InChI=1S/C14H23FN2S/c1-4-13(10-18-3)17(2)14-6-5-12(15)9-11(14)7-8-16/h5-6,9,13H,4,7-8,10,16H2,1-3H3. The van der Waals surface area contributed by atoms with E-state index in [1.54, 1.807) is 6.07 Å². The molecule has 1 aromatic rings. The van der Waals surface area contributed by atoms with Crippen LogP contribution >= 0.6 is 11.8 Å². The lowest BCUT2D eigenvalue weighted by atomic mass is 10.1. The molecular weight excluding hydrogens is 247 g/mol. The Morgan fingerprint density at radius 1 is 1.44 bits per heavy atom. The lowest BCUT2D eigenvalue weighted by Crippen LogP contribution is -2.34. The van der Waals surface area contributed by atoms with Crippen molar-refractivity contribution in [3.05, 3.63) is 29.6 Å². The van der Waals surface area contributed by atoms with Crippen molar-refractivity contribution in [2.24, 2.45) is 5.73 Å². The third-order valence-corrected chi connectivity index (χ3v) is 3.93. The van der Waals surface area contributed by atoms with Crippen LogP contribution in [0.5, 0.6) is 0 Å². The zero-order chi connectivity index (χ0) is 13.5. The maximum absolute atomic E-state index is 13.3. The summed E-state index contributed by atoms with van der Waals surface area (Å²) in [5.74, 6) is 0.889. The van der Waals surface area contributed by atoms with Crippen molar-refractivity contribution in [2.75, 3.05) is 30.5 Å². The van der Waals surface area contributed by atoms with E-state index in [0.717, 1.165) is 23.4 Å². The molecule has 0 aliphatic rings. The highest BCUT2D eigenvalue weighted by atomic mass is 32.2. The first-order chi connectivity index (χ1) is 8.63. The van der Waals surface area contributed by atoms with E-state index in [4.69, 9.17) is 5.73 Å². The molecule has 0 radical (unpaired) electrons. The van der Waals surface area contributed by atoms with Gasteiger partial charge in [-0.3, -0.25) is 0 Å². The molecule has 1 rings (SSSR count). The van der Waals surface area contributed by atoms with E-state index >= 15 is 0 Å². The smallest absolute Gasteiger partial charge is 0.123 e. The first-order valence-corrected chi connectivity index (χ1v) is 7.73. The van der Waals surface area contributed by atoms with Crippen LogP contribution in [0.4, 0.5) is 10.1 Å². The molecule has 0 heterocycles. The third-order valence-electron chi connectivity index (χ3n) is 3.21. The summed E-state index contributed by atoms with van der Waals surface area (Å²) >= 11 is 1.84. The first-order valence-electron chi connectivity index (χ1n) is 6.34. The van der Waals surface area contributed by atoms with E-state index < -0.39 is 0 Å². The Kier molecular flexibility index (Phi) is 6.50. The molecule has 1 aromatic carbocycles. The molecule has 102 valence electrons. The summed E-state index contributed by atoms with van der Waals surface area (Å²) in [7, 11) is 2.08. The van der Waals surface area contributed by atoms with Crippen molar-refractivity contribution in [2.45, 2.75) is 25.8 Å². The molecule has 0 aliphatic carbocycles. The van der Waals surface area contributed by atoms with Crippen LogP contribution in [0.15, 0.2) is 18.2 Å². The highest BCUT2D eigenvalue weighted by molar-refractivity contribution is 7.98. The van der Waals surface area contributed by atoms with Gasteiger partial charge in [-0.25, -0.2) is 4.39 Å². The average Bonchev–Trinajstić information content (AvgIpc) is 2.36. The van der Waals surface area contributed by atoms with Gasteiger partial charge in [-0.2, -0.15) is 11.8 Å². The van der Waals surface area contributed by atoms with Gasteiger partial charge in [-0.1, -0.05) is 6.92 Å². The number of nitrogens with zero attached hydrogens (tertiary/aromatic N) is 1. The number of benzene rings is 1. The van der Waals surface area contributed by atoms with Crippen LogP contribution in [0.1, 0.15) is 18.9 Å². The monoisotopic (exact) mass is 270 g/mol. The van der Waals surface area contributed by atoms with Gasteiger partial charge in [0, 0.05) is 24.5 Å². The van der Waals surface area contributed by atoms with Crippen molar-refractivity contribution < 1.29 is 4.39 Å². The molecule has 2 N–H and O–H groups in total. The van der Waals surface area contributed by atoms with Gasteiger partial charge in [-0.05, 0) is 49.4 Å². The normalized spacial score (nSPS) is 12.5. The molecule has 0 saturated heterocycles. The summed E-state index contributed by atoms with van der Waals surface area (Å²) in [4.78, 5) is 2.25. The van der Waals surface area contributed by atoms with E-state index in [-0.39, 0.29) is 5.82 Å². The Labute approximate surface area is 114 Å². The van der Waals surface area contributed by atoms with Gasteiger partial charge in [0.1, 0.15) is 5.82 Å². The van der Waals surface area contributed by atoms with Crippen molar-refractivity contribution in [3.8, 4) is 0 Å². The summed E-state index contributed by atoms with van der Waals surface area (Å²) in [6.45, 7) is 2.73. The van der Waals surface area contributed by atoms with Crippen LogP contribution in [0.3, 0.4) is 0 Å². The van der Waals surface area contributed by atoms with Crippen molar-refractivity contribution in [1.29, 1.82) is 0 Å². The van der Waals surface area contributed by atoms with Gasteiger partial charge in [0.15, 0.2) is 0 Å². The molecule has 0 aromatic heterocycles. The Hall–Kier alpha value is -0.740. The first kappa shape index (κ1) is 15.3. The van der Waals surface area contributed by atoms with Crippen LogP contribution in [0, 0.1) is 5.82 Å². The number of hydrogen-bond donors (Lipinski definition) is 1. The molecule has 0 spiro atoms. The molecule has 0 saturated carbocycles. The van der Waals surface area contributed by atoms with E-state index in [9.17, 15) is 4.39 Å². The van der Waals surface area contributed by atoms with Crippen molar-refractivity contribution in [1.82, 2.24) is 0 Å². The molecule has 1 unspecified atom stereocenters. The number of anilines is 1. The van der Waals surface area contributed by atoms with E-state index in [2.05, 4.69) is 25.1 Å². The number of rotatable bonds is 7. The summed E-state index contributed by atoms with van der Waals surface area (Å²) in [5, 5.41) is 0. The quantitative estimate of drug-likeness (QED) is 0.826. The van der Waals surface area contributed by atoms with Gasteiger partial charge in [-0.15, -0.1) is 0 Å². The molecular formula is C14H23FN2S. The lowest BCUT2D eigenvalue weighted by Gasteiger charge is -2.30. The van der Waals surface area contributed by atoms with Gasteiger partial charge < -0.3 is 10.6 Å². The Morgan fingerprint density at radius 3 is 2.72 bits per heavy atom. The molecule has 0 aliphatic heterocycles. The highest BCUT2D eigenvalue weighted by Crippen LogP contribution is 2.24. The van der Waals surface area contributed by atoms with Gasteiger partial charge in [0.25, 0.3) is 0 Å². The molecule has 0 fully saturated rings. The van der Waals surface area contributed by atoms with Crippen molar-refractivity contribution >= 4 is 17.4 Å². The minimum Gasteiger partial charge on any atom is -0.371 e. The fourth-order valence-electron chi connectivity index (χ4n) is 2.15. The lowest BCUT2D eigenvalue weighted by molar-refractivity contribution is 0.622. The van der Waals surface area contributed by atoms with E-state index in [0.29, 0.717) is 19.0 Å². The second kappa shape index (κ2) is 7.64. The van der Waals surface area contributed by atoms with Crippen LogP contribution in [0.25, 0.3) is 0 Å². The minimum absolute atomic E-state index is 0.187. The maximum atomic E-state index is 13.3. The van der Waals surface area contributed by atoms with Gasteiger partial charge in [0.05, 0.1) is 0 Å². The molecule has 2 nitrogen and oxygen atoms in total. The molecule has 4 heteroatoms.